The second-order valence-electron chi connectivity index (χ2n) is 4.94. The summed E-state index contributed by atoms with van der Waals surface area (Å²) in [7, 11) is 0. The Kier molecular flexibility index (Phi) is 7.22. The van der Waals surface area contributed by atoms with Crippen LogP contribution in [0.25, 0.3) is 0 Å². The Morgan fingerprint density at radius 1 is 1.28 bits per heavy atom. The summed E-state index contributed by atoms with van der Waals surface area (Å²) >= 11 is 0. The van der Waals surface area contributed by atoms with Crippen LogP contribution in [0.2, 0.25) is 0 Å². The van der Waals surface area contributed by atoms with Crippen molar-refractivity contribution < 1.29 is 4.79 Å². The van der Waals surface area contributed by atoms with Gasteiger partial charge in [-0.15, -0.1) is 0 Å². The van der Waals surface area contributed by atoms with Crippen molar-refractivity contribution in [1.82, 2.24) is 10.6 Å². The number of nitrogens with zero attached hydrogens (tertiary/aromatic N) is 1. The van der Waals surface area contributed by atoms with Crippen molar-refractivity contribution in [3.63, 3.8) is 0 Å². The lowest BCUT2D eigenvalue weighted by atomic mass is 10.2. The molecule has 0 radical (unpaired) electrons. The molecule has 0 atom stereocenters. The summed E-state index contributed by atoms with van der Waals surface area (Å²) in [5.74, 6) is 1.03. The largest absolute Gasteiger partial charge is 0.370 e. The number of aliphatic imine (C=N–C) groups is 1. The summed E-state index contributed by atoms with van der Waals surface area (Å²) in [5, 5.41) is 5.88. The van der Waals surface area contributed by atoms with E-state index in [9.17, 15) is 4.79 Å². The quantitative estimate of drug-likeness (QED) is 0.326. The third-order valence-corrected chi connectivity index (χ3v) is 3.01. The molecule has 1 fully saturated rings. The molecule has 0 saturated heterocycles. The standard InChI is InChI=1S/C13H26N4O/c1-2-3-4-5-8-15-13(14)17-10-12(18)16-9-11-6-7-11/h11H,2-10H2,1H3,(H,16,18)(H3,14,15,17). The maximum absolute atomic E-state index is 11.4. The fourth-order valence-electron chi connectivity index (χ4n) is 1.62. The number of carbonyl (C=O) groups excluding carboxylic acids is 1. The minimum Gasteiger partial charge on any atom is -0.370 e. The van der Waals surface area contributed by atoms with Crippen LogP contribution < -0.4 is 16.4 Å². The maximum Gasteiger partial charge on any atom is 0.241 e. The van der Waals surface area contributed by atoms with Crippen LogP contribution in [0.5, 0.6) is 0 Å². The number of nitrogens with one attached hydrogen (secondary N) is 2. The molecule has 1 amide bonds. The Morgan fingerprint density at radius 3 is 2.72 bits per heavy atom. The molecule has 4 N–H and O–H groups in total. The highest BCUT2D eigenvalue weighted by Crippen LogP contribution is 2.27. The Balaban J connectivity index is 1.98. The van der Waals surface area contributed by atoms with E-state index in [4.69, 9.17) is 5.73 Å². The lowest BCUT2D eigenvalue weighted by molar-refractivity contribution is -0.119. The highest BCUT2D eigenvalue weighted by atomic mass is 16.1. The molecule has 0 aromatic rings. The van der Waals surface area contributed by atoms with Crippen molar-refractivity contribution in [1.29, 1.82) is 0 Å². The summed E-state index contributed by atoms with van der Waals surface area (Å²) in [4.78, 5) is 15.4. The number of amides is 1. The van der Waals surface area contributed by atoms with Gasteiger partial charge in [0.2, 0.25) is 5.91 Å². The van der Waals surface area contributed by atoms with Crippen molar-refractivity contribution in [2.45, 2.75) is 45.4 Å². The van der Waals surface area contributed by atoms with Gasteiger partial charge in [-0.25, -0.2) is 4.99 Å². The van der Waals surface area contributed by atoms with Crippen LogP contribution >= 0.6 is 0 Å². The average molecular weight is 254 g/mol. The van der Waals surface area contributed by atoms with E-state index in [1.54, 1.807) is 0 Å². The van der Waals surface area contributed by atoms with Gasteiger partial charge in [0.05, 0.1) is 0 Å². The number of guanidine groups is 1. The maximum atomic E-state index is 11.4. The first-order valence-corrected chi connectivity index (χ1v) is 7.03. The minimum absolute atomic E-state index is 0.0439. The third-order valence-electron chi connectivity index (χ3n) is 3.01. The lowest BCUT2D eigenvalue weighted by Crippen LogP contribution is -2.34. The molecule has 1 aliphatic carbocycles. The number of carbonyl (C=O) groups is 1. The predicted octanol–water partition coefficient (Wildman–Crippen LogP) is 0.997. The summed E-state index contributed by atoms with van der Waals surface area (Å²) in [5.41, 5.74) is 5.66. The van der Waals surface area contributed by atoms with Crippen LogP contribution in [0, 0.1) is 5.92 Å². The van der Waals surface area contributed by atoms with Gasteiger partial charge in [0, 0.05) is 13.1 Å². The molecular weight excluding hydrogens is 228 g/mol. The van der Waals surface area contributed by atoms with E-state index in [2.05, 4.69) is 22.5 Å². The first-order chi connectivity index (χ1) is 8.72. The van der Waals surface area contributed by atoms with E-state index in [0.29, 0.717) is 11.9 Å². The molecule has 0 spiro atoms. The lowest BCUT2D eigenvalue weighted by Gasteiger charge is -2.05. The van der Waals surface area contributed by atoms with E-state index >= 15 is 0 Å². The van der Waals surface area contributed by atoms with Gasteiger partial charge in [-0.1, -0.05) is 26.2 Å². The second kappa shape index (κ2) is 8.78. The summed E-state index contributed by atoms with van der Waals surface area (Å²) < 4.78 is 0. The predicted molar refractivity (Wildman–Crippen MR) is 74.4 cm³/mol. The zero-order chi connectivity index (χ0) is 13.2. The van der Waals surface area contributed by atoms with Gasteiger partial charge in [-0.05, 0) is 25.2 Å². The minimum atomic E-state index is -0.0439. The molecule has 104 valence electrons. The van der Waals surface area contributed by atoms with Crippen molar-refractivity contribution in [3.8, 4) is 0 Å². The summed E-state index contributed by atoms with van der Waals surface area (Å²) in [6, 6.07) is 0. The highest BCUT2D eigenvalue weighted by Gasteiger charge is 2.21. The van der Waals surface area contributed by atoms with Gasteiger partial charge in [-0.3, -0.25) is 4.79 Å². The van der Waals surface area contributed by atoms with Crippen molar-refractivity contribution in [2.24, 2.45) is 16.6 Å². The van der Waals surface area contributed by atoms with E-state index < -0.39 is 0 Å². The SMILES string of the molecule is CCCCCCNC(N)=NCC(=O)NCC1CC1. The van der Waals surface area contributed by atoms with Gasteiger partial charge in [0.1, 0.15) is 6.54 Å². The number of unbranched alkanes of at least 4 members (excludes halogenated alkanes) is 3. The summed E-state index contributed by atoms with van der Waals surface area (Å²) in [6.07, 6.45) is 7.26. The van der Waals surface area contributed by atoms with Crippen LogP contribution in [-0.2, 0) is 4.79 Å². The fraction of sp³-hybridized carbons (Fsp3) is 0.846. The molecule has 0 heterocycles. The van der Waals surface area contributed by atoms with Crippen LogP contribution in [-0.4, -0.2) is 31.5 Å². The highest BCUT2D eigenvalue weighted by molar-refractivity contribution is 5.83. The Morgan fingerprint density at radius 2 is 2.06 bits per heavy atom. The fourth-order valence-corrected chi connectivity index (χ4v) is 1.62. The Hall–Kier alpha value is -1.26. The van der Waals surface area contributed by atoms with Gasteiger partial charge in [-0.2, -0.15) is 0 Å². The van der Waals surface area contributed by atoms with Gasteiger partial charge >= 0.3 is 0 Å². The van der Waals surface area contributed by atoms with Crippen LogP contribution in [0.3, 0.4) is 0 Å². The topological polar surface area (TPSA) is 79.5 Å². The molecule has 18 heavy (non-hydrogen) atoms. The molecule has 0 aromatic carbocycles. The molecular formula is C13H26N4O. The van der Waals surface area contributed by atoms with Crippen molar-refractivity contribution >= 4 is 11.9 Å². The summed E-state index contributed by atoms with van der Waals surface area (Å²) in [6.45, 7) is 3.93. The molecule has 1 saturated carbocycles. The van der Waals surface area contributed by atoms with E-state index in [0.717, 1.165) is 19.5 Å². The van der Waals surface area contributed by atoms with Crippen LogP contribution in [0.1, 0.15) is 45.4 Å². The second-order valence-corrected chi connectivity index (χ2v) is 4.94. The first kappa shape index (κ1) is 14.8. The van der Waals surface area contributed by atoms with Gasteiger partial charge in [0.25, 0.3) is 0 Å². The van der Waals surface area contributed by atoms with E-state index in [1.165, 1.54) is 32.1 Å². The van der Waals surface area contributed by atoms with Crippen LogP contribution in [0.4, 0.5) is 0 Å². The molecule has 1 aliphatic rings. The molecule has 1 rings (SSSR count). The zero-order valence-corrected chi connectivity index (χ0v) is 11.4. The Labute approximate surface area is 110 Å². The first-order valence-electron chi connectivity index (χ1n) is 7.03. The van der Waals surface area contributed by atoms with E-state index in [1.807, 2.05) is 0 Å². The number of nitrogens with two attached hydrogens (primary N) is 1. The van der Waals surface area contributed by atoms with Crippen molar-refractivity contribution in [3.05, 3.63) is 0 Å². The number of hydrogen-bond acceptors (Lipinski definition) is 2. The molecule has 0 aromatic heterocycles. The molecule has 0 aliphatic heterocycles. The molecule has 0 bridgehead atoms. The Bertz CT molecular complexity index is 274. The monoisotopic (exact) mass is 254 g/mol. The normalized spacial score (nSPS) is 15.5. The zero-order valence-electron chi connectivity index (χ0n) is 11.4. The van der Waals surface area contributed by atoms with Gasteiger partial charge in [0.15, 0.2) is 5.96 Å². The molecule has 5 nitrogen and oxygen atoms in total. The average Bonchev–Trinajstić information content (AvgIpc) is 3.17. The van der Waals surface area contributed by atoms with E-state index in [-0.39, 0.29) is 12.5 Å². The third kappa shape index (κ3) is 7.92. The molecule has 0 unspecified atom stereocenters. The molecule has 5 heteroatoms. The van der Waals surface area contributed by atoms with Gasteiger partial charge < -0.3 is 16.4 Å². The number of rotatable bonds is 9. The van der Waals surface area contributed by atoms with Crippen molar-refractivity contribution in [2.75, 3.05) is 19.6 Å². The van der Waals surface area contributed by atoms with Crippen LogP contribution in [0.15, 0.2) is 4.99 Å². The smallest absolute Gasteiger partial charge is 0.241 e. The number of hydrogen-bond donors (Lipinski definition) is 3.